The van der Waals surface area contributed by atoms with Gasteiger partial charge in [-0.2, -0.15) is 10.2 Å². The van der Waals surface area contributed by atoms with Crippen molar-refractivity contribution in [2.45, 2.75) is 40.2 Å². The van der Waals surface area contributed by atoms with Crippen molar-refractivity contribution in [3.8, 4) is 5.75 Å². The van der Waals surface area contributed by atoms with Gasteiger partial charge in [0.25, 0.3) is 0 Å². The minimum atomic E-state index is 0.243. The van der Waals surface area contributed by atoms with E-state index in [2.05, 4.69) is 83.2 Å². The number of aromatic nitrogens is 3. The minimum absolute atomic E-state index is 0.243. The van der Waals surface area contributed by atoms with Crippen LogP contribution in [0.3, 0.4) is 0 Å². The van der Waals surface area contributed by atoms with E-state index in [9.17, 15) is 0 Å². The van der Waals surface area contributed by atoms with Gasteiger partial charge < -0.3 is 9.30 Å². The van der Waals surface area contributed by atoms with E-state index < -0.39 is 0 Å². The third-order valence-electron chi connectivity index (χ3n) is 5.75. The van der Waals surface area contributed by atoms with Crippen LogP contribution in [-0.2, 0) is 6.54 Å². The minimum Gasteiger partial charge on any atom is -0.494 e. The van der Waals surface area contributed by atoms with Gasteiger partial charge in [0.05, 0.1) is 18.5 Å². The number of hydrogen-bond acceptors (Lipinski definition) is 3. The molecule has 0 bridgehead atoms. The number of nitrogens with zero attached hydrogens (tertiary/aromatic N) is 3. The Morgan fingerprint density at radius 1 is 0.897 bits per heavy atom. The molecule has 0 amide bonds. The molecule has 0 spiro atoms. The molecule has 4 heteroatoms. The molecule has 4 nitrogen and oxygen atoms in total. The maximum atomic E-state index is 5.64. The first kappa shape index (κ1) is 19.2. The first-order chi connectivity index (χ1) is 14.1. The van der Waals surface area contributed by atoms with Gasteiger partial charge in [0.15, 0.2) is 0 Å². The molecule has 0 saturated carbocycles. The average Bonchev–Trinajstić information content (AvgIpc) is 2.99. The highest BCUT2D eigenvalue weighted by Crippen LogP contribution is 2.32. The summed E-state index contributed by atoms with van der Waals surface area (Å²) in [6.07, 6.45) is 1.88. The molecule has 2 heterocycles. The number of rotatable bonds is 6. The predicted octanol–water partition coefficient (Wildman–Crippen LogP) is 5.59. The zero-order valence-electron chi connectivity index (χ0n) is 17.5. The molecule has 0 saturated heterocycles. The topological polar surface area (TPSA) is 39.9 Å². The highest BCUT2D eigenvalue weighted by molar-refractivity contribution is 5.89. The lowest BCUT2D eigenvalue weighted by molar-refractivity contribution is 0.340. The van der Waals surface area contributed by atoms with Crippen LogP contribution in [-0.4, -0.2) is 21.4 Å². The molecular weight excluding hydrogens is 358 g/mol. The number of fused-ring (bicyclic) bond motifs is 1. The Morgan fingerprint density at radius 3 is 2.24 bits per heavy atom. The van der Waals surface area contributed by atoms with Crippen molar-refractivity contribution in [1.82, 2.24) is 14.8 Å². The first-order valence-electron chi connectivity index (χ1n) is 10.2. The van der Waals surface area contributed by atoms with Crippen molar-refractivity contribution in [2.24, 2.45) is 0 Å². The van der Waals surface area contributed by atoms with E-state index in [1.807, 2.05) is 20.0 Å². The van der Waals surface area contributed by atoms with E-state index >= 15 is 0 Å². The van der Waals surface area contributed by atoms with Crippen molar-refractivity contribution in [2.75, 3.05) is 6.61 Å². The van der Waals surface area contributed by atoms with Gasteiger partial charge in [-0.1, -0.05) is 42.5 Å². The number of aryl methyl sites for hydroxylation is 3. The summed E-state index contributed by atoms with van der Waals surface area (Å²) in [5, 5.41) is 10.8. The summed E-state index contributed by atoms with van der Waals surface area (Å²) in [6.45, 7) is 9.95. The van der Waals surface area contributed by atoms with Crippen molar-refractivity contribution in [3.05, 3.63) is 89.0 Å². The van der Waals surface area contributed by atoms with Crippen LogP contribution in [0.15, 0.2) is 60.8 Å². The van der Waals surface area contributed by atoms with Gasteiger partial charge in [0.2, 0.25) is 0 Å². The van der Waals surface area contributed by atoms with Crippen LogP contribution in [0.25, 0.3) is 10.8 Å². The molecule has 4 aromatic rings. The van der Waals surface area contributed by atoms with Crippen LogP contribution in [0.5, 0.6) is 5.75 Å². The monoisotopic (exact) mass is 385 g/mol. The predicted molar refractivity (Wildman–Crippen MR) is 118 cm³/mol. The number of ether oxygens (including phenoxy) is 1. The van der Waals surface area contributed by atoms with Gasteiger partial charge >= 0.3 is 0 Å². The molecular formula is C25H27N3O. The van der Waals surface area contributed by atoms with Crippen LogP contribution in [0.1, 0.15) is 41.1 Å². The lowest BCUT2D eigenvalue weighted by atomic mass is 9.91. The van der Waals surface area contributed by atoms with Gasteiger partial charge in [-0.15, -0.1) is 0 Å². The summed E-state index contributed by atoms with van der Waals surface area (Å²) < 4.78 is 8.05. The zero-order chi connectivity index (χ0) is 20.4. The van der Waals surface area contributed by atoms with Crippen LogP contribution >= 0.6 is 0 Å². The molecule has 1 atom stereocenters. The molecule has 0 aliphatic carbocycles. The highest BCUT2D eigenvalue weighted by atomic mass is 16.5. The molecule has 2 aromatic heterocycles. The molecule has 0 radical (unpaired) electrons. The van der Waals surface area contributed by atoms with Gasteiger partial charge in [-0.05, 0) is 51.0 Å². The van der Waals surface area contributed by atoms with Crippen LogP contribution in [0, 0.1) is 20.8 Å². The Kier molecular flexibility index (Phi) is 5.34. The fourth-order valence-corrected chi connectivity index (χ4v) is 4.25. The Labute approximate surface area is 172 Å². The van der Waals surface area contributed by atoms with Crippen molar-refractivity contribution >= 4 is 10.8 Å². The highest BCUT2D eigenvalue weighted by Gasteiger charge is 2.20. The molecule has 1 unspecified atom stereocenters. The standard InChI is InChI=1S/C25H27N3O/c1-5-29-22-13-11-21(12-14-22)24(20-9-7-6-8-10-20)16-28-18(3)23-15-26-27-17(2)25(23)19(28)4/h6-15,24H,5,16H2,1-4H3. The summed E-state index contributed by atoms with van der Waals surface area (Å²) in [6, 6.07) is 19.2. The summed E-state index contributed by atoms with van der Waals surface area (Å²) in [7, 11) is 0. The van der Waals surface area contributed by atoms with Crippen LogP contribution < -0.4 is 4.74 Å². The number of hydrogen-bond donors (Lipinski definition) is 0. The normalized spacial score (nSPS) is 12.3. The summed E-state index contributed by atoms with van der Waals surface area (Å²) in [5.41, 5.74) is 6.06. The Hall–Kier alpha value is -3.14. The molecule has 2 aromatic carbocycles. The van der Waals surface area contributed by atoms with E-state index in [4.69, 9.17) is 4.74 Å². The molecule has 148 valence electrons. The number of benzene rings is 2. The quantitative estimate of drug-likeness (QED) is 0.434. The Bertz CT molecular complexity index is 1110. The van der Waals surface area contributed by atoms with E-state index in [-0.39, 0.29) is 5.92 Å². The molecule has 29 heavy (non-hydrogen) atoms. The molecule has 0 aliphatic heterocycles. The molecule has 0 N–H and O–H groups in total. The largest absolute Gasteiger partial charge is 0.494 e. The van der Waals surface area contributed by atoms with E-state index in [0.717, 1.165) is 18.0 Å². The second kappa shape index (κ2) is 8.08. The first-order valence-corrected chi connectivity index (χ1v) is 10.2. The van der Waals surface area contributed by atoms with Crippen molar-refractivity contribution in [3.63, 3.8) is 0 Å². The van der Waals surface area contributed by atoms with Crippen LogP contribution in [0.2, 0.25) is 0 Å². The molecule has 0 aliphatic rings. The van der Waals surface area contributed by atoms with Gasteiger partial charge in [-0.3, -0.25) is 0 Å². The zero-order valence-corrected chi connectivity index (χ0v) is 17.5. The molecule has 4 rings (SSSR count). The Balaban J connectivity index is 1.79. The summed E-state index contributed by atoms with van der Waals surface area (Å²) in [5.74, 6) is 1.15. The molecule has 0 fully saturated rings. The van der Waals surface area contributed by atoms with Gasteiger partial charge in [0.1, 0.15) is 5.75 Å². The smallest absolute Gasteiger partial charge is 0.119 e. The Morgan fingerprint density at radius 2 is 1.59 bits per heavy atom. The van der Waals surface area contributed by atoms with Crippen LogP contribution in [0.4, 0.5) is 0 Å². The lowest BCUT2D eigenvalue weighted by Crippen LogP contribution is -2.13. The summed E-state index contributed by atoms with van der Waals surface area (Å²) in [4.78, 5) is 0. The third kappa shape index (κ3) is 3.63. The average molecular weight is 386 g/mol. The van der Waals surface area contributed by atoms with Gasteiger partial charge in [-0.25, -0.2) is 0 Å². The third-order valence-corrected chi connectivity index (χ3v) is 5.75. The van der Waals surface area contributed by atoms with E-state index in [0.29, 0.717) is 6.61 Å². The van der Waals surface area contributed by atoms with Crippen molar-refractivity contribution in [1.29, 1.82) is 0 Å². The fraction of sp³-hybridized carbons (Fsp3) is 0.280. The van der Waals surface area contributed by atoms with Crippen molar-refractivity contribution < 1.29 is 4.74 Å². The van der Waals surface area contributed by atoms with E-state index in [1.165, 1.54) is 33.3 Å². The summed E-state index contributed by atoms with van der Waals surface area (Å²) >= 11 is 0. The fourth-order valence-electron chi connectivity index (χ4n) is 4.25. The SMILES string of the molecule is CCOc1ccc(C(Cn2c(C)c3cnnc(C)c3c2C)c2ccccc2)cc1. The van der Waals surface area contributed by atoms with E-state index in [1.54, 1.807) is 0 Å². The second-order valence-corrected chi connectivity index (χ2v) is 7.47. The second-order valence-electron chi connectivity index (χ2n) is 7.47. The van der Waals surface area contributed by atoms with Gasteiger partial charge in [0, 0.05) is 34.6 Å². The lowest BCUT2D eigenvalue weighted by Gasteiger charge is -2.21. The maximum absolute atomic E-state index is 5.64. The maximum Gasteiger partial charge on any atom is 0.119 e.